The summed E-state index contributed by atoms with van der Waals surface area (Å²) < 4.78 is 5.59. The fourth-order valence-electron chi connectivity index (χ4n) is 2.66. The number of para-hydroxylation sites is 2. The highest BCUT2D eigenvalue weighted by molar-refractivity contribution is 8.14. The monoisotopic (exact) mass is 431 g/mol. The summed E-state index contributed by atoms with van der Waals surface area (Å²) in [6.07, 6.45) is 2.91. The summed E-state index contributed by atoms with van der Waals surface area (Å²) in [5.41, 5.74) is 0.975. The van der Waals surface area contributed by atoms with Crippen LogP contribution >= 0.6 is 23.4 Å². The van der Waals surface area contributed by atoms with Crippen LogP contribution in [0.15, 0.2) is 53.5 Å². The highest BCUT2D eigenvalue weighted by atomic mass is 35.5. The summed E-state index contributed by atoms with van der Waals surface area (Å²) in [5, 5.41) is 11.6. The predicted octanol–water partition coefficient (Wildman–Crippen LogP) is 4.92. The number of nitro benzene ring substituents is 1. The van der Waals surface area contributed by atoms with Crippen LogP contribution in [-0.2, 0) is 4.79 Å². The molecule has 0 spiro atoms. The maximum absolute atomic E-state index is 12.7. The first-order valence-electron chi connectivity index (χ1n) is 8.86. The Hall–Kier alpha value is -2.84. The highest BCUT2D eigenvalue weighted by Crippen LogP contribution is 2.31. The molecule has 1 heterocycles. The van der Waals surface area contributed by atoms with Crippen LogP contribution in [-0.4, -0.2) is 39.8 Å². The second-order valence-corrected chi connectivity index (χ2v) is 7.40. The maximum Gasteiger partial charge on any atom is 0.288 e. The number of amidine groups is 1. The quantitative estimate of drug-likeness (QED) is 0.368. The molecule has 0 aromatic heterocycles. The molecule has 1 aliphatic rings. The van der Waals surface area contributed by atoms with Crippen molar-refractivity contribution in [1.82, 2.24) is 4.90 Å². The second-order valence-electron chi connectivity index (χ2n) is 5.93. The van der Waals surface area contributed by atoms with E-state index in [1.165, 1.54) is 36.0 Å². The summed E-state index contributed by atoms with van der Waals surface area (Å²) in [7, 11) is 0. The summed E-state index contributed by atoms with van der Waals surface area (Å²) in [4.78, 5) is 29.3. The van der Waals surface area contributed by atoms with Crippen LogP contribution in [0.5, 0.6) is 5.75 Å². The molecule has 1 aliphatic heterocycles. The van der Waals surface area contributed by atoms with E-state index in [-0.39, 0.29) is 16.6 Å². The topological polar surface area (TPSA) is 85.0 Å². The number of aliphatic imine (C=N–C) groups is 1. The van der Waals surface area contributed by atoms with Crippen LogP contribution < -0.4 is 4.74 Å². The normalized spacial score (nSPS) is 15.2. The van der Waals surface area contributed by atoms with E-state index >= 15 is 0 Å². The molecule has 150 valence electrons. The zero-order chi connectivity index (χ0) is 20.8. The van der Waals surface area contributed by atoms with E-state index in [0.717, 1.165) is 5.75 Å². The van der Waals surface area contributed by atoms with Gasteiger partial charge in [0.15, 0.2) is 5.17 Å². The molecular formula is C20H18ClN3O4S. The van der Waals surface area contributed by atoms with Crippen LogP contribution in [0.3, 0.4) is 0 Å². The van der Waals surface area contributed by atoms with Gasteiger partial charge in [0.2, 0.25) is 0 Å². The van der Waals surface area contributed by atoms with Gasteiger partial charge in [-0.3, -0.25) is 19.8 Å². The third kappa shape index (κ3) is 5.16. The van der Waals surface area contributed by atoms with Gasteiger partial charge in [0.05, 0.1) is 11.5 Å². The summed E-state index contributed by atoms with van der Waals surface area (Å²) in [5.74, 6) is 1.15. The predicted molar refractivity (Wildman–Crippen MR) is 116 cm³/mol. The van der Waals surface area contributed by atoms with Gasteiger partial charge < -0.3 is 4.74 Å². The number of halogens is 1. The minimum Gasteiger partial charge on any atom is -0.492 e. The molecule has 29 heavy (non-hydrogen) atoms. The van der Waals surface area contributed by atoms with Crippen LogP contribution in [0.25, 0.3) is 6.08 Å². The Morgan fingerprint density at radius 3 is 2.93 bits per heavy atom. The average molecular weight is 432 g/mol. The van der Waals surface area contributed by atoms with Crippen molar-refractivity contribution in [3.63, 3.8) is 0 Å². The maximum atomic E-state index is 12.7. The molecule has 1 amide bonds. The molecule has 0 unspecified atom stereocenters. The lowest BCUT2D eigenvalue weighted by Gasteiger charge is -2.14. The number of carbonyl (C=O) groups is 1. The molecule has 0 atom stereocenters. The number of carbonyl (C=O) groups excluding carboxylic acids is 1. The minimum absolute atomic E-state index is 0.0526. The molecule has 7 nitrogen and oxygen atoms in total. The minimum atomic E-state index is -0.556. The molecule has 0 bridgehead atoms. The third-order valence-corrected chi connectivity index (χ3v) is 5.29. The summed E-state index contributed by atoms with van der Waals surface area (Å²) >= 11 is 7.31. The molecule has 2 aromatic rings. The van der Waals surface area contributed by atoms with Crippen molar-refractivity contribution < 1.29 is 14.5 Å². The molecule has 2 aromatic carbocycles. The van der Waals surface area contributed by atoms with Crippen molar-refractivity contribution in [1.29, 1.82) is 0 Å². The molecular weight excluding hydrogens is 414 g/mol. The van der Waals surface area contributed by atoms with Gasteiger partial charge in [0.1, 0.15) is 16.5 Å². The number of benzene rings is 2. The van der Waals surface area contributed by atoms with Crippen LogP contribution in [0, 0.1) is 10.1 Å². The molecule has 0 aliphatic carbocycles. The first-order chi connectivity index (χ1) is 14.0. The average Bonchev–Trinajstić information content (AvgIpc) is 3.17. The van der Waals surface area contributed by atoms with E-state index in [9.17, 15) is 14.9 Å². The Bertz CT molecular complexity index is 993. The Balaban J connectivity index is 1.80. The van der Waals surface area contributed by atoms with Crippen molar-refractivity contribution in [2.45, 2.75) is 6.92 Å². The van der Waals surface area contributed by atoms with E-state index in [0.29, 0.717) is 35.3 Å². The van der Waals surface area contributed by atoms with Gasteiger partial charge in [0, 0.05) is 24.4 Å². The van der Waals surface area contributed by atoms with E-state index in [2.05, 4.69) is 4.99 Å². The smallest absolute Gasteiger partial charge is 0.288 e. The number of rotatable bonds is 6. The summed E-state index contributed by atoms with van der Waals surface area (Å²) in [6.45, 7) is 2.95. The molecule has 3 rings (SSSR count). The fourth-order valence-corrected chi connectivity index (χ4v) is 3.80. The van der Waals surface area contributed by atoms with Gasteiger partial charge in [-0.2, -0.15) is 0 Å². The summed E-state index contributed by atoms with van der Waals surface area (Å²) in [6, 6.07) is 11.8. The fraction of sp³-hybridized carbons (Fsp3) is 0.200. The Labute approximate surface area is 177 Å². The number of nitrogens with zero attached hydrogens (tertiary/aromatic N) is 3. The molecule has 1 saturated heterocycles. The lowest BCUT2D eigenvalue weighted by Crippen LogP contribution is -2.30. The lowest BCUT2D eigenvalue weighted by molar-refractivity contribution is -0.384. The number of hydrogen-bond acceptors (Lipinski definition) is 6. The number of thioether (sulfide) groups is 1. The molecule has 1 fully saturated rings. The number of amides is 1. The standard InChI is InChI=1S/C20H18ClN3O4S/c1-2-28-18-6-4-3-5-16(18)22-20-23(11-12-29-20)19(25)10-8-14-7-9-15(21)17(13-14)24(26)27/h3-10,13H,2,11-12H2,1H3/b10-8+,22-20?. The van der Waals surface area contributed by atoms with Crippen molar-refractivity contribution in [3.8, 4) is 5.75 Å². The van der Waals surface area contributed by atoms with Gasteiger partial charge in [-0.25, -0.2) is 4.99 Å². The molecule has 0 radical (unpaired) electrons. The number of ether oxygens (including phenoxy) is 1. The van der Waals surface area contributed by atoms with Gasteiger partial charge in [-0.1, -0.05) is 41.6 Å². The third-order valence-electron chi connectivity index (χ3n) is 4.01. The number of nitro groups is 1. The van der Waals surface area contributed by atoms with Crippen molar-refractivity contribution >= 4 is 51.9 Å². The van der Waals surface area contributed by atoms with Crippen LogP contribution in [0.2, 0.25) is 5.02 Å². The Morgan fingerprint density at radius 1 is 1.38 bits per heavy atom. The Kier molecular flexibility index (Phi) is 6.90. The highest BCUT2D eigenvalue weighted by Gasteiger charge is 2.24. The van der Waals surface area contributed by atoms with Gasteiger partial charge in [-0.15, -0.1) is 0 Å². The lowest BCUT2D eigenvalue weighted by atomic mass is 10.2. The van der Waals surface area contributed by atoms with Gasteiger partial charge >= 0.3 is 0 Å². The van der Waals surface area contributed by atoms with E-state index in [4.69, 9.17) is 16.3 Å². The van der Waals surface area contributed by atoms with E-state index in [1.54, 1.807) is 11.0 Å². The van der Waals surface area contributed by atoms with E-state index < -0.39 is 4.92 Å². The first-order valence-corrected chi connectivity index (χ1v) is 10.2. The van der Waals surface area contributed by atoms with Gasteiger partial charge in [-0.05, 0) is 36.8 Å². The Morgan fingerprint density at radius 2 is 2.17 bits per heavy atom. The van der Waals surface area contributed by atoms with E-state index in [1.807, 2.05) is 31.2 Å². The molecule has 9 heteroatoms. The zero-order valence-corrected chi connectivity index (χ0v) is 17.2. The van der Waals surface area contributed by atoms with Crippen LogP contribution in [0.4, 0.5) is 11.4 Å². The number of hydrogen-bond donors (Lipinski definition) is 0. The van der Waals surface area contributed by atoms with Crippen molar-refractivity contribution in [2.75, 3.05) is 18.9 Å². The van der Waals surface area contributed by atoms with Crippen molar-refractivity contribution in [2.24, 2.45) is 4.99 Å². The molecule has 0 N–H and O–H groups in total. The van der Waals surface area contributed by atoms with Crippen molar-refractivity contribution in [3.05, 3.63) is 69.2 Å². The first kappa shape index (κ1) is 20.9. The largest absolute Gasteiger partial charge is 0.492 e. The van der Waals surface area contributed by atoms with Crippen LogP contribution in [0.1, 0.15) is 12.5 Å². The second kappa shape index (κ2) is 9.58. The zero-order valence-electron chi connectivity index (χ0n) is 15.6. The van der Waals surface area contributed by atoms with Gasteiger partial charge in [0.25, 0.3) is 11.6 Å². The molecule has 0 saturated carbocycles. The SMILES string of the molecule is CCOc1ccccc1N=C1SCCN1C(=O)/C=C/c1ccc(Cl)c([N+](=O)[O-])c1.